The minimum atomic E-state index is -0.910. The van der Waals surface area contributed by atoms with E-state index in [1.54, 1.807) is 0 Å². The zero-order chi connectivity index (χ0) is 21.6. The van der Waals surface area contributed by atoms with Crippen LogP contribution in [0, 0.1) is 11.6 Å². The normalized spacial score (nSPS) is 18.8. The molecule has 31 heavy (non-hydrogen) atoms. The molecule has 1 aliphatic heterocycles. The molecule has 1 atom stereocenters. The first-order valence-electron chi connectivity index (χ1n) is 10.0. The third-order valence-electron chi connectivity index (χ3n) is 5.91. The van der Waals surface area contributed by atoms with E-state index in [2.05, 4.69) is 25.8 Å². The second kappa shape index (κ2) is 7.26. The second-order valence-corrected chi connectivity index (χ2v) is 8.09. The topological polar surface area (TPSA) is 99.8 Å². The summed E-state index contributed by atoms with van der Waals surface area (Å²) in [6.07, 6.45) is 2.11. The first-order chi connectivity index (χ1) is 14.9. The molecule has 7 nitrogen and oxygen atoms in total. The van der Waals surface area contributed by atoms with E-state index >= 15 is 0 Å². The van der Waals surface area contributed by atoms with Gasteiger partial charge in [-0.2, -0.15) is 0 Å². The smallest absolute Gasteiger partial charge is 0.289 e. The number of H-pyrrole nitrogens is 1. The zero-order valence-corrected chi connectivity index (χ0v) is 16.4. The van der Waals surface area contributed by atoms with Gasteiger partial charge in [-0.1, -0.05) is 30.3 Å². The average molecular weight is 423 g/mol. The van der Waals surface area contributed by atoms with Crippen molar-refractivity contribution < 1.29 is 18.4 Å². The number of fused-ring (bicyclic) bond motifs is 2. The van der Waals surface area contributed by atoms with E-state index in [4.69, 9.17) is 0 Å². The molecular weight excluding hydrogens is 404 g/mol. The highest BCUT2D eigenvalue weighted by Crippen LogP contribution is 2.55. The molecule has 1 spiro atoms. The van der Waals surface area contributed by atoms with Crippen LogP contribution in [-0.4, -0.2) is 33.0 Å². The Kier molecular flexibility index (Phi) is 4.53. The fraction of sp³-hybridized carbons (Fsp3) is 0.273. The van der Waals surface area contributed by atoms with Gasteiger partial charge in [0.05, 0.1) is 5.69 Å². The molecular formula is C22H19F2N5O2. The third kappa shape index (κ3) is 3.67. The lowest BCUT2D eigenvalue weighted by Crippen LogP contribution is -2.44. The van der Waals surface area contributed by atoms with E-state index in [1.165, 1.54) is 6.07 Å². The van der Waals surface area contributed by atoms with Crippen molar-refractivity contribution in [2.45, 2.75) is 37.1 Å². The van der Waals surface area contributed by atoms with E-state index < -0.39 is 34.9 Å². The Hall–Kier alpha value is -3.62. The summed E-state index contributed by atoms with van der Waals surface area (Å²) in [5.41, 5.74) is 0.914. The summed E-state index contributed by atoms with van der Waals surface area (Å²) in [6.45, 7) is 0. The van der Waals surface area contributed by atoms with Crippen LogP contribution in [0.25, 0.3) is 0 Å². The zero-order valence-electron chi connectivity index (χ0n) is 16.4. The summed E-state index contributed by atoms with van der Waals surface area (Å²) < 4.78 is 28.1. The van der Waals surface area contributed by atoms with Crippen LogP contribution < -0.4 is 10.6 Å². The molecule has 1 aliphatic carbocycles. The van der Waals surface area contributed by atoms with Gasteiger partial charge in [0.2, 0.25) is 11.7 Å². The van der Waals surface area contributed by atoms with Crippen LogP contribution in [-0.2, 0) is 16.6 Å². The minimum absolute atomic E-state index is 0.00883. The van der Waals surface area contributed by atoms with Gasteiger partial charge in [-0.3, -0.25) is 9.59 Å². The van der Waals surface area contributed by atoms with Crippen molar-refractivity contribution in [3.05, 3.63) is 76.9 Å². The van der Waals surface area contributed by atoms with Crippen molar-refractivity contribution in [3.63, 3.8) is 0 Å². The third-order valence-corrected chi connectivity index (χ3v) is 5.91. The Bertz CT molecular complexity index is 1170. The van der Waals surface area contributed by atoms with Gasteiger partial charge < -0.3 is 15.6 Å². The number of amides is 2. The Morgan fingerprint density at radius 3 is 2.68 bits per heavy atom. The van der Waals surface area contributed by atoms with Gasteiger partial charge in [-0.25, -0.2) is 8.78 Å². The molecule has 3 N–H and O–H groups in total. The predicted molar refractivity (Wildman–Crippen MR) is 107 cm³/mol. The van der Waals surface area contributed by atoms with Gasteiger partial charge in [0.25, 0.3) is 5.91 Å². The minimum Gasteiger partial charge on any atom is -0.337 e. The summed E-state index contributed by atoms with van der Waals surface area (Å²) >= 11 is 0. The Morgan fingerprint density at radius 1 is 1.16 bits per heavy atom. The molecule has 1 fully saturated rings. The number of hydrogen-bond donors (Lipinski definition) is 3. The molecule has 1 aromatic heterocycles. The summed E-state index contributed by atoms with van der Waals surface area (Å²) in [7, 11) is 0. The SMILES string of the molecule is O=C(NC1CC2(CC2)c2cc(F)cc(F)c2NC1=O)c1nnc(Cc2ccccc2)[nH]1. The van der Waals surface area contributed by atoms with Gasteiger partial charge in [0.15, 0.2) is 0 Å². The van der Waals surface area contributed by atoms with Crippen LogP contribution in [0.5, 0.6) is 0 Å². The Morgan fingerprint density at radius 2 is 1.94 bits per heavy atom. The lowest BCUT2D eigenvalue weighted by Gasteiger charge is -2.19. The van der Waals surface area contributed by atoms with Crippen molar-refractivity contribution in [1.29, 1.82) is 0 Å². The van der Waals surface area contributed by atoms with Gasteiger partial charge in [0, 0.05) is 17.9 Å². The monoisotopic (exact) mass is 423 g/mol. The molecule has 158 valence electrons. The molecule has 0 radical (unpaired) electrons. The van der Waals surface area contributed by atoms with Crippen LogP contribution in [0.4, 0.5) is 14.5 Å². The van der Waals surface area contributed by atoms with Crippen LogP contribution in [0.15, 0.2) is 42.5 Å². The van der Waals surface area contributed by atoms with Crippen molar-refractivity contribution in [3.8, 4) is 0 Å². The highest BCUT2D eigenvalue weighted by Gasteiger charge is 2.51. The number of aromatic amines is 1. The number of aromatic nitrogens is 3. The van der Waals surface area contributed by atoms with Gasteiger partial charge in [-0.05, 0) is 36.5 Å². The van der Waals surface area contributed by atoms with Crippen molar-refractivity contribution in [1.82, 2.24) is 20.5 Å². The van der Waals surface area contributed by atoms with Gasteiger partial charge >= 0.3 is 0 Å². The first-order valence-corrected chi connectivity index (χ1v) is 10.0. The predicted octanol–water partition coefficient (Wildman–Crippen LogP) is 2.85. The number of hydrogen-bond acceptors (Lipinski definition) is 4. The molecule has 3 aromatic rings. The molecule has 1 unspecified atom stereocenters. The molecule has 2 aromatic carbocycles. The standard InChI is InChI=1S/C22H19F2N5O2/c23-13-9-14-18(15(24)10-13)27-20(30)16(11-22(14)6-7-22)25-21(31)19-26-17(28-29-19)8-12-4-2-1-3-5-12/h1-5,9-10,16H,6-8,11H2,(H,25,31)(H,27,30)(H,26,28,29). The molecule has 2 amide bonds. The largest absolute Gasteiger partial charge is 0.337 e. The number of rotatable bonds is 4. The van der Waals surface area contributed by atoms with E-state index in [0.29, 0.717) is 30.7 Å². The van der Waals surface area contributed by atoms with Gasteiger partial charge in [-0.15, -0.1) is 10.2 Å². The Labute approximate surface area is 176 Å². The average Bonchev–Trinajstić information content (AvgIpc) is 3.40. The number of nitrogens with zero attached hydrogens (tertiary/aromatic N) is 2. The maximum Gasteiger partial charge on any atom is 0.289 e. The number of nitrogens with one attached hydrogen (secondary N) is 3. The van der Waals surface area contributed by atoms with E-state index in [0.717, 1.165) is 11.6 Å². The second-order valence-electron chi connectivity index (χ2n) is 8.09. The van der Waals surface area contributed by atoms with E-state index in [-0.39, 0.29) is 17.9 Å². The Balaban J connectivity index is 1.33. The van der Waals surface area contributed by atoms with Crippen LogP contribution in [0.1, 0.15) is 46.8 Å². The number of anilines is 1. The molecule has 0 saturated heterocycles. The quantitative estimate of drug-likeness (QED) is 0.601. The summed E-state index contributed by atoms with van der Waals surface area (Å²) in [5, 5.41) is 13.1. The maximum absolute atomic E-state index is 14.3. The number of halogens is 2. The fourth-order valence-corrected chi connectivity index (χ4v) is 4.16. The number of benzene rings is 2. The number of carbonyl (C=O) groups excluding carboxylic acids is 2. The lowest BCUT2D eigenvalue weighted by molar-refractivity contribution is -0.118. The van der Waals surface area contributed by atoms with Crippen LogP contribution in [0.2, 0.25) is 0 Å². The first kappa shape index (κ1) is 19.3. The lowest BCUT2D eigenvalue weighted by atomic mass is 9.89. The van der Waals surface area contributed by atoms with Crippen LogP contribution in [0.3, 0.4) is 0 Å². The summed E-state index contributed by atoms with van der Waals surface area (Å²) in [6, 6.07) is 10.7. The highest BCUT2D eigenvalue weighted by molar-refractivity contribution is 6.01. The van der Waals surface area contributed by atoms with Crippen molar-refractivity contribution in [2.24, 2.45) is 0 Å². The summed E-state index contributed by atoms with van der Waals surface area (Å²) in [5.74, 6) is -2.13. The van der Waals surface area contributed by atoms with Gasteiger partial charge in [0.1, 0.15) is 23.5 Å². The molecule has 2 heterocycles. The van der Waals surface area contributed by atoms with E-state index in [1.807, 2.05) is 30.3 Å². The van der Waals surface area contributed by atoms with Crippen molar-refractivity contribution in [2.75, 3.05) is 5.32 Å². The molecule has 0 bridgehead atoms. The molecule has 9 heteroatoms. The maximum atomic E-state index is 14.3. The fourth-order valence-electron chi connectivity index (χ4n) is 4.16. The highest BCUT2D eigenvalue weighted by atomic mass is 19.1. The molecule has 2 aliphatic rings. The molecule has 5 rings (SSSR count). The van der Waals surface area contributed by atoms with Crippen molar-refractivity contribution >= 4 is 17.5 Å². The number of carbonyl (C=O) groups is 2. The van der Waals surface area contributed by atoms with Crippen LogP contribution >= 0.6 is 0 Å². The van der Waals surface area contributed by atoms with E-state index in [9.17, 15) is 18.4 Å². The molecule has 1 saturated carbocycles. The summed E-state index contributed by atoms with van der Waals surface area (Å²) in [4.78, 5) is 28.3.